The highest BCUT2D eigenvalue weighted by Crippen LogP contribution is 2.34. The topological polar surface area (TPSA) is 35.2 Å². The molecule has 0 saturated heterocycles. The number of hydrogen-bond acceptors (Lipinski definition) is 2. The monoisotopic (exact) mass is 311 g/mol. The van der Waals surface area contributed by atoms with Crippen molar-refractivity contribution in [3.05, 3.63) is 28.2 Å². The molecule has 18 heavy (non-hydrogen) atoms. The van der Waals surface area contributed by atoms with Crippen LogP contribution in [0.3, 0.4) is 0 Å². The van der Waals surface area contributed by atoms with Gasteiger partial charge in [-0.25, -0.2) is 0 Å². The lowest BCUT2D eigenvalue weighted by molar-refractivity contribution is 0.235. The van der Waals surface area contributed by atoms with Gasteiger partial charge in [-0.15, -0.1) is 0 Å². The van der Waals surface area contributed by atoms with Crippen molar-refractivity contribution in [1.29, 1.82) is 0 Å². The summed E-state index contributed by atoms with van der Waals surface area (Å²) in [5, 5.41) is 0. The molecule has 1 aromatic carbocycles. The largest absolute Gasteiger partial charge is 0.496 e. The van der Waals surface area contributed by atoms with Gasteiger partial charge in [-0.1, -0.05) is 25.8 Å². The summed E-state index contributed by atoms with van der Waals surface area (Å²) in [5.74, 6) is 1.63. The van der Waals surface area contributed by atoms with Crippen LogP contribution in [0.15, 0.2) is 22.7 Å². The first-order valence-electron chi connectivity index (χ1n) is 6.64. The molecule has 0 radical (unpaired) electrons. The standard InChI is InChI=1S/C15H22BrNO/c1-11-4-3-7-15(17,9-11)10-12-5-6-14(18-2)13(16)8-12/h5-6,8,11H,3-4,7,9-10,17H2,1-2H3. The van der Waals surface area contributed by atoms with Gasteiger partial charge in [0.25, 0.3) is 0 Å². The summed E-state index contributed by atoms with van der Waals surface area (Å²) in [7, 11) is 1.69. The highest BCUT2D eigenvalue weighted by molar-refractivity contribution is 9.10. The maximum atomic E-state index is 6.56. The van der Waals surface area contributed by atoms with Crippen LogP contribution in [0.1, 0.15) is 38.2 Å². The fourth-order valence-corrected chi connectivity index (χ4v) is 3.68. The second kappa shape index (κ2) is 5.62. The van der Waals surface area contributed by atoms with Crippen molar-refractivity contribution in [1.82, 2.24) is 0 Å². The first kappa shape index (κ1) is 13.9. The molecule has 2 unspecified atom stereocenters. The normalized spacial score (nSPS) is 28.1. The fraction of sp³-hybridized carbons (Fsp3) is 0.600. The average Bonchev–Trinajstić information content (AvgIpc) is 2.28. The van der Waals surface area contributed by atoms with Crippen molar-refractivity contribution >= 4 is 15.9 Å². The number of rotatable bonds is 3. The van der Waals surface area contributed by atoms with Crippen molar-refractivity contribution in [3.8, 4) is 5.75 Å². The van der Waals surface area contributed by atoms with Crippen LogP contribution in [0.5, 0.6) is 5.75 Å². The molecule has 1 aliphatic rings. The van der Waals surface area contributed by atoms with Crippen molar-refractivity contribution in [3.63, 3.8) is 0 Å². The molecule has 2 rings (SSSR count). The van der Waals surface area contributed by atoms with E-state index in [9.17, 15) is 0 Å². The maximum absolute atomic E-state index is 6.56. The molecule has 0 amide bonds. The predicted octanol–water partition coefficient (Wildman–Crippen LogP) is 3.91. The molecule has 1 aliphatic carbocycles. The molecule has 2 N–H and O–H groups in total. The summed E-state index contributed by atoms with van der Waals surface area (Å²) >= 11 is 3.54. The Kier molecular flexibility index (Phi) is 4.33. The summed E-state index contributed by atoms with van der Waals surface area (Å²) in [4.78, 5) is 0. The fourth-order valence-electron chi connectivity index (χ4n) is 3.09. The lowest BCUT2D eigenvalue weighted by Crippen LogP contribution is -2.45. The Labute approximate surface area is 118 Å². The minimum atomic E-state index is -0.0221. The van der Waals surface area contributed by atoms with Gasteiger partial charge in [-0.05, 0) is 58.8 Å². The third kappa shape index (κ3) is 3.27. The zero-order valence-electron chi connectivity index (χ0n) is 11.2. The van der Waals surface area contributed by atoms with Crippen LogP contribution in [0.4, 0.5) is 0 Å². The number of methoxy groups -OCH3 is 1. The zero-order valence-corrected chi connectivity index (χ0v) is 12.8. The van der Waals surface area contributed by atoms with Gasteiger partial charge in [0.2, 0.25) is 0 Å². The Bertz CT molecular complexity index is 421. The number of benzene rings is 1. The lowest BCUT2D eigenvalue weighted by atomic mass is 9.74. The SMILES string of the molecule is COc1ccc(CC2(N)CCCC(C)C2)cc1Br. The minimum Gasteiger partial charge on any atom is -0.496 e. The Balaban J connectivity index is 2.11. The van der Waals surface area contributed by atoms with E-state index in [1.54, 1.807) is 7.11 Å². The van der Waals surface area contributed by atoms with Crippen LogP contribution in [-0.2, 0) is 6.42 Å². The number of ether oxygens (including phenoxy) is 1. The lowest BCUT2D eigenvalue weighted by Gasteiger charge is -2.37. The van der Waals surface area contributed by atoms with E-state index >= 15 is 0 Å². The summed E-state index contributed by atoms with van der Waals surface area (Å²) in [5.41, 5.74) is 7.82. The van der Waals surface area contributed by atoms with Crippen LogP contribution < -0.4 is 10.5 Å². The molecule has 2 nitrogen and oxygen atoms in total. The summed E-state index contributed by atoms with van der Waals surface area (Å²) in [6.07, 6.45) is 5.82. The molecular weight excluding hydrogens is 290 g/mol. The molecule has 1 saturated carbocycles. The van der Waals surface area contributed by atoms with E-state index in [2.05, 4.69) is 35.0 Å². The molecule has 0 aliphatic heterocycles. The van der Waals surface area contributed by atoms with Gasteiger partial charge < -0.3 is 10.5 Å². The van der Waals surface area contributed by atoms with Crippen molar-refractivity contribution in [2.24, 2.45) is 11.7 Å². The van der Waals surface area contributed by atoms with Gasteiger partial charge >= 0.3 is 0 Å². The zero-order chi connectivity index (χ0) is 13.2. The van der Waals surface area contributed by atoms with Crippen LogP contribution in [-0.4, -0.2) is 12.6 Å². The smallest absolute Gasteiger partial charge is 0.133 e. The van der Waals surface area contributed by atoms with E-state index in [-0.39, 0.29) is 5.54 Å². The van der Waals surface area contributed by atoms with Crippen molar-refractivity contribution < 1.29 is 4.74 Å². The summed E-state index contributed by atoms with van der Waals surface area (Å²) in [6, 6.07) is 6.26. The van der Waals surface area contributed by atoms with Gasteiger partial charge in [0.05, 0.1) is 11.6 Å². The van der Waals surface area contributed by atoms with E-state index in [0.29, 0.717) is 0 Å². The van der Waals surface area contributed by atoms with Crippen LogP contribution in [0.25, 0.3) is 0 Å². The third-order valence-corrected chi connectivity index (χ3v) is 4.52. The van der Waals surface area contributed by atoms with Crippen LogP contribution in [0, 0.1) is 5.92 Å². The van der Waals surface area contributed by atoms with E-state index in [1.807, 2.05) is 6.07 Å². The molecule has 1 fully saturated rings. The molecule has 0 spiro atoms. The van der Waals surface area contributed by atoms with Crippen molar-refractivity contribution in [2.75, 3.05) is 7.11 Å². The van der Waals surface area contributed by atoms with E-state index < -0.39 is 0 Å². The summed E-state index contributed by atoms with van der Waals surface area (Å²) in [6.45, 7) is 2.31. The quantitative estimate of drug-likeness (QED) is 0.918. The molecule has 0 aromatic heterocycles. The maximum Gasteiger partial charge on any atom is 0.133 e. The minimum absolute atomic E-state index is 0.0221. The molecule has 2 atom stereocenters. The second-order valence-electron chi connectivity index (χ2n) is 5.71. The van der Waals surface area contributed by atoms with Gasteiger partial charge in [-0.3, -0.25) is 0 Å². The van der Waals surface area contributed by atoms with Gasteiger partial charge in [0, 0.05) is 5.54 Å². The Morgan fingerprint density at radius 2 is 2.28 bits per heavy atom. The molecular formula is C15H22BrNO. The molecule has 1 aromatic rings. The van der Waals surface area contributed by atoms with E-state index in [0.717, 1.165) is 35.4 Å². The molecule has 100 valence electrons. The van der Waals surface area contributed by atoms with Crippen molar-refractivity contribution in [2.45, 2.75) is 44.6 Å². The molecule has 0 bridgehead atoms. The highest BCUT2D eigenvalue weighted by atomic mass is 79.9. The Morgan fingerprint density at radius 3 is 2.89 bits per heavy atom. The van der Waals surface area contributed by atoms with Crippen LogP contribution in [0.2, 0.25) is 0 Å². The first-order chi connectivity index (χ1) is 8.52. The first-order valence-corrected chi connectivity index (χ1v) is 7.43. The number of halogens is 1. The van der Waals surface area contributed by atoms with Gasteiger partial charge in [0.1, 0.15) is 5.75 Å². The molecule has 0 heterocycles. The molecule has 3 heteroatoms. The second-order valence-corrected chi connectivity index (χ2v) is 6.56. The Hall–Kier alpha value is -0.540. The highest BCUT2D eigenvalue weighted by Gasteiger charge is 2.31. The predicted molar refractivity (Wildman–Crippen MR) is 78.9 cm³/mol. The van der Waals surface area contributed by atoms with Crippen LogP contribution >= 0.6 is 15.9 Å². The van der Waals surface area contributed by atoms with E-state index in [1.165, 1.54) is 18.4 Å². The Morgan fingerprint density at radius 1 is 1.50 bits per heavy atom. The summed E-state index contributed by atoms with van der Waals surface area (Å²) < 4.78 is 6.26. The number of nitrogens with two attached hydrogens (primary N) is 1. The van der Waals surface area contributed by atoms with Gasteiger partial charge in [0.15, 0.2) is 0 Å². The third-order valence-electron chi connectivity index (χ3n) is 3.90. The van der Waals surface area contributed by atoms with E-state index in [4.69, 9.17) is 10.5 Å². The average molecular weight is 312 g/mol. The number of hydrogen-bond donors (Lipinski definition) is 1. The van der Waals surface area contributed by atoms with Gasteiger partial charge in [-0.2, -0.15) is 0 Å².